The molecule has 3 rings (SSSR count). The van der Waals surface area contributed by atoms with E-state index in [1.54, 1.807) is 24.3 Å². The SMILES string of the molecule is Cc1ccc(-c2cc(C(F)(F)F)nc(SCC(=O)Nc3ccccc3C(F)(F)F)n2)cc1. The van der Waals surface area contributed by atoms with E-state index in [0.29, 0.717) is 17.3 Å². The van der Waals surface area contributed by atoms with Crippen LogP contribution in [-0.4, -0.2) is 21.6 Å². The predicted octanol–water partition coefficient (Wildman–Crippen LogP) is 6.22. The molecule has 0 unspecified atom stereocenters. The summed E-state index contributed by atoms with van der Waals surface area (Å²) in [6, 6.07) is 11.8. The second kappa shape index (κ2) is 9.19. The minimum Gasteiger partial charge on any atom is -0.325 e. The van der Waals surface area contributed by atoms with Gasteiger partial charge in [0.05, 0.1) is 22.7 Å². The van der Waals surface area contributed by atoms with Crippen molar-refractivity contribution in [1.29, 1.82) is 0 Å². The van der Waals surface area contributed by atoms with E-state index >= 15 is 0 Å². The van der Waals surface area contributed by atoms with Crippen LogP contribution in [0, 0.1) is 6.92 Å². The van der Waals surface area contributed by atoms with E-state index in [9.17, 15) is 31.1 Å². The molecule has 0 aliphatic rings. The van der Waals surface area contributed by atoms with Gasteiger partial charge in [0.1, 0.15) is 5.69 Å². The lowest BCUT2D eigenvalue weighted by molar-refractivity contribution is -0.141. The fourth-order valence-corrected chi connectivity index (χ4v) is 3.32. The third-order valence-electron chi connectivity index (χ3n) is 4.18. The molecule has 3 aromatic rings. The van der Waals surface area contributed by atoms with Crippen molar-refractivity contribution in [1.82, 2.24) is 9.97 Å². The Morgan fingerprint density at radius 2 is 1.59 bits per heavy atom. The smallest absolute Gasteiger partial charge is 0.325 e. The van der Waals surface area contributed by atoms with Crippen LogP contribution >= 0.6 is 11.8 Å². The van der Waals surface area contributed by atoms with Gasteiger partial charge in [-0.1, -0.05) is 53.7 Å². The van der Waals surface area contributed by atoms with E-state index in [0.717, 1.165) is 23.8 Å². The molecule has 1 amide bonds. The molecule has 0 aliphatic carbocycles. The number of alkyl halides is 6. The maximum Gasteiger partial charge on any atom is 0.433 e. The monoisotopic (exact) mass is 471 g/mol. The molecular formula is C21H15F6N3OS. The number of aromatic nitrogens is 2. The molecular weight excluding hydrogens is 456 g/mol. The molecule has 0 aliphatic heterocycles. The maximum atomic E-state index is 13.3. The molecule has 0 saturated heterocycles. The van der Waals surface area contributed by atoms with Crippen LogP contribution in [-0.2, 0) is 17.1 Å². The Hall–Kier alpha value is -3.08. The molecule has 0 fully saturated rings. The number of nitrogens with zero attached hydrogens (tertiary/aromatic N) is 2. The van der Waals surface area contributed by atoms with Crippen LogP contribution in [0.2, 0.25) is 0 Å². The Balaban J connectivity index is 1.81. The Kier molecular flexibility index (Phi) is 6.77. The summed E-state index contributed by atoms with van der Waals surface area (Å²) in [5, 5.41) is 1.80. The van der Waals surface area contributed by atoms with Gasteiger partial charge in [-0.3, -0.25) is 4.79 Å². The van der Waals surface area contributed by atoms with Crippen LogP contribution in [0.3, 0.4) is 0 Å². The molecule has 2 aromatic carbocycles. The molecule has 32 heavy (non-hydrogen) atoms. The van der Waals surface area contributed by atoms with Gasteiger partial charge in [-0.05, 0) is 25.1 Å². The average molecular weight is 471 g/mol. The van der Waals surface area contributed by atoms with E-state index in [1.807, 2.05) is 6.92 Å². The van der Waals surface area contributed by atoms with Gasteiger partial charge >= 0.3 is 12.4 Å². The molecule has 0 atom stereocenters. The standard InChI is InChI=1S/C21H15F6N3OS/c1-12-6-8-13(9-7-12)16-10-17(21(25,26)27)30-19(29-16)32-11-18(31)28-15-5-3-2-4-14(15)20(22,23)24/h2-10H,11H2,1H3,(H,28,31). The van der Waals surface area contributed by atoms with Gasteiger partial charge in [0.15, 0.2) is 5.16 Å². The number of benzene rings is 2. The first-order chi connectivity index (χ1) is 14.9. The van der Waals surface area contributed by atoms with Crippen molar-refractivity contribution in [2.24, 2.45) is 0 Å². The van der Waals surface area contributed by atoms with Crippen molar-refractivity contribution in [2.75, 3.05) is 11.1 Å². The van der Waals surface area contributed by atoms with Crippen molar-refractivity contribution in [2.45, 2.75) is 24.4 Å². The maximum absolute atomic E-state index is 13.3. The number of thioether (sulfide) groups is 1. The highest BCUT2D eigenvalue weighted by Crippen LogP contribution is 2.35. The summed E-state index contributed by atoms with van der Waals surface area (Å²) in [6.07, 6.45) is -9.42. The number of nitrogens with one attached hydrogen (secondary N) is 1. The molecule has 1 aromatic heterocycles. The number of para-hydroxylation sites is 1. The van der Waals surface area contributed by atoms with Crippen molar-refractivity contribution in [3.05, 3.63) is 71.4 Å². The highest BCUT2D eigenvalue weighted by Gasteiger charge is 2.35. The van der Waals surface area contributed by atoms with E-state index < -0.39 is 41.0 Å². The van der Waals surface area contributed by atoms with Crippen LogP contribution in [0.1, 0.15) is 16.8 Å². The van der Waals surface area contributed by atoms with Crippen LogP contribution in [0.5, 0.6) is 0 Å². The fourth-order valence-electron chi connectivity index (χ4n) is 2.66. The van der Waals surface area contributed by atoms with E-state index in [1.165, 1.54) is 12.1 Å². The quantitative estimate of drug-likeness (QED) is 0.273. The molecule has 0 bridgehead atoms. The number of carbonyl (C=O) groups is 1. The fraction of sp³-hybridized carbons (Fsp3) is 0.190. The minimum atomic E-state index is -4.74. The number of halogens is 6. The lowest BCUT2D eigenvalue weighted by atomic mass is 10.1. The third-order valence-corrected chi connectivity index (χ3v) is 5.03. The average Bonchev–Trinajstić information content (AvgIpc) is 2.71. The second-order valence-electron chi connectivity index (χ2n) is 6.66. The van der Waals surface area contributed by atoms with Crippen LogP contribution < -0.4 is 5.32 Å². The first-order valence-corrected chi connectivity index (χ1v) is 10.0. The van der Waals surface area contributed by atoms with Gasteiger partial charge in [-0.2, -0.15) is 26.3 Å². The summed E-state index contributed by atoms with van der Waals surface area (Å²) in [4.78, 5) is 19.7. The van der Waals surface area contributed by atoms with Crippen molar-refractivity contribution < 1.29 is 31.1 Å². The summed E-state index contributed by atoms with van der Waals surface area (Å²) in [5.41, 5.74) is -1.32. The zero-order valence-corrected chi connectivity index (χ0v) is 17.2. The molecule has 168 valence electrons. The normalized spacial score (nSPS) is 12.0. The zero-order valence-electron chi connectivity index (χ0n) is 16.4. The van der Waals surface area contributed by atoms with E-state index in [2.05, 4.69) is 15.3 Å². The van der Waals surface area contributed by atoms with Crippen LogP contribution in [0.15, 0.2) is 59.8 Å². The van der Waals surface area contributed by atoms with Gasteiger partial charge in [0, 0.05) is 5.56 Å². The molecule has 4 nitrogen and oxygen atoms in total. The van der Waals surface area contributed by atoms with Crippen LogP contribution in [0.4, 0.5) is 32.0 Å². The number of rotatable bonds is 5. The second-order valence-corrected chi connectivity index (χ2v) is 7.61. The highest BCUT2D eigenvalue weighted by molar-refractivity contribution is 7.99. The zero-order chi connectivity index (χ0) is 23.5. The number of anilines is 1. The number of carbonyl (C=O) groups excluding carboxylic acids is 1. The molecule has 0 spiro atoms. The summed E-state index contributed by atoms with van der Waals surface area (Å²) >= 11 is 0.588. The lowest BCUT2D eigenvalue weighted by Gasteiger charge is -2.13. The number of amides is 1. The molecule has 0 saturated carbocycles. The summed E-state index contributed by atoms with van der Waals surface area (Å²) in [7, 11) is 0. The van der Waals surface area contributed by atoms with Crippen LogP contribution in [0.25, 0.3) is 11.3 Å². The predicted molar refractivity (Wildman–Crippen MR) is 108 cm³/mol. The van der Waals surface area contributed by atoms with Gasteiger partial charge in [-0.25, -0.2) is 9.97 Å². The minimum absolute atomic E-state index is 0.0117. The highest BCUT2D eigenvalue weighted by atomic mass is 32.2. The molecule has 1 N–H and O–H groups in total. The Morgan fingerprint density at radius 3 is 2.22 bits per heavy atom. The summed E-state index contributed by atoms with van der Waals surface area (Å²) in [6.45, 7) is 1.82. The summed E-state index contributed by atoms with van der Waals surface area (Å²) in [5.74, 6) is -1.33. The van der Waals surface area contributed by atoms with E-state index in [4.69, 9.17) is 0 Å². The third kappa shape index (κ3) is 6.00. The Labute approximate surface area is 183 Å². The topological polar surface area (TPSA) is 54.9 Å². The molecule has 11 heteroatoms. The van der Waals surface area contributed by atoms with E-state index in [-0.39, 0.29) is 10.9 Å². The van der Waals surface area contributed by atoms with Gasteiger partial charge < -0.3 is 5.32 Å². The number of aryl methyl sites for hydroxylation is 1. The largest absolute Gasteiger partial charge is 0.433 e. The van der Waals surface area contributed by atoms with Crippen molar-refractivity contribution in [3.63, 3.8) is 0 Å². The van der Waals surface area contributed by atoms with Gasteiger partial charge in [0.25, 0.3) is 0 Å². The first-order valence-electron chi connectivity index (χ1n) is 9.05. The first kappa shape index (κ1) is 23.6. The lowest BCUT2D eigenvalue weighted by Crippen LogP contribution is -2.18. The number of hydrogen-bond donors (Lipinski definition) is 1. The molecule has 1 heterocycles. The van der Waals surface area contributed by atoms with Gasteiger partial charge in [0.2, 0.25) is 5.91 Å². The van der Waals surface area contributed by atoms with Crippen molar-refractivity contribution >= 4 is 23.4 Å². The molecule has 0 radical (unpaired) electrons. The number of hydrogen-bond acceptors (Lipinski definition) is 4. The van der Waals surface area contributed by atoms with Crippen molar-refractivity contribution in [3.8, 4) is 11.3 Å². The Bertz CT molecular complexity index is 1110. The van der Waals surface area contributed by atoms with Gasteiger partial charge in [-0.15, -0.1) is 0 Å². The summed E-state index contributed by atoms with van der Waals surface area (Å²) < 4.78 is 79.0. The Morgan fingerprint density at radius 1 is 0.938 bits per heavy atom.